The topological polar surface area (TPSA) is 0 Å². The molecule has 0 aromatic rings. The lowest BCUT2D eigenvalue weighted by Gasteiger charge is -2.24. The molecule has 0 aliphatic heterocycles. The van der Waals surface area contributed by atoms with Gasteiger partial charge in [-0.25, -0.2) is 0 Å². The van der Waals surface area contributed by atoms with E-state index >= 15 is 0 Å². The summed E-state index contributed by atoms with van der Waals surface area (Å²) < 4.78 is 0. The van der Waals surface area contributed by atoms with Gasteiger partial charge in [-0.15, -0.1) is 0 Å². The highest BCUT2D eigenvalue weighted by Gasteiger charge is 2.19. The monoisotopic (exact) mass is 230 g/mol. The van der Waals surface area contributed by atoms with Gasteiger partial charge in [-0.1, -0.05) is 52.6 Å². The van der Waals surface area contributed by atoms with Crippen molar-refractivity contribution in [3.8, 4) is 0 Å². The molecule has 0 heterocycles. The summed E-state index contributed by atoms with van der Waals surface area (Å²) in [7, 11) is -0.150. The van der Waals surface area contributed by atoms with E-state index in [-0.39, 0.29) is 13.3 Å². The van der Waals surface area contributed by atoms with Crippen molar-refractivity contribution >= 4 is 19.5 Å². The Kier molecular flexibility index (Phi) is 5.16. The van der Waals surface area contributed by atoms with Gasteiger partial charge in [-0.3, -0.25) is 0 Å². The van der Waals surface area contributed by atoms with Crippen molar-refractivity contribution in [3.05, 3.63) is 28.2 Å². The molecule has 0 aromatic carbocycles. The van der Waals surface area contributed by atoms with Crippen LogP contribution >= 0.6 is 19.5 Å². The van der Waals surface area contributed by atoms with Crippen LogP contribution in [0.4, 0.5) is 0 Å². The number of halogens is 1. The minimum Gasteiger partial charge on any atom is -0.0958 e. The van der Waals surface area contributed by atoms with Gasteiger partial charge < -0.3 is 0 Å². The number of rotatable bonds is 2. The molecule has 0 radical (unpaired) electrons. The molecule has 0 spiro atoms. The molecule has 0 saturated carbocycles. The maximum absolute atomic E-state index is 6.06. The van der Waals surface area contributed by atoms with E-state index in [1.165, 1.54) is 5.31 Å². The zero-order valence-corrected chi connectivity index (χ0v) is 11.7. The summed E-state index contributed by atoms with van der Waals surface area (Å²) in [5.41, 5.74) is 4.31. The van der Waals surface area contributed by atoms with E-state index in [2.05, 4.69) is 46.4 Å². The second kappa shape index (κ2) is 5.17. The van der Waals surface area contributed by atoms with Gasteiger partial charge in [0.2, 0.25) is 0 Å². The summed E-state index contributed by atoms with van der Waals surface area (Å²) in [6.07, 6.45) is 0. The largest absolute Gasteiger partial charge is 0.0958 e. The fraction of sp³-hybridized carbons (Fsp3) is 0.583. The second-order valence-electron chi connectivity index (χ2n) is 4.71. The lowest BCUT2D eigenvalue weighted by atomic mass is 9.96. The Hall–Kier alpha value is -0.0200. The van der Waals surface area contributed by atoms with E-state index in [0.717, 1.165) is 5.57 Å². The first-order valence-corrected chi connectivity index (χ1v) is 7.27. The molecule has 0 saturated heterocycles. The molecule has 80 valence electrons. The molecule has 2 heteroatoms. The molecule has 0 bridgehead atoms. The smallest absolute Gasteiger partial charge is 0.0851 e. The molecule has 0 rings (SSSR count). The van der Waals surface area contributed by atoms with Crippen molar-refractivity contribution in [1.29, 1.82) is 0 Å². The highest BCUT2D eigenvalue weighted by Crippen LogP contribution is 2.47. The third-order valence-electron chi connectivity index (χ3n) is 1.76. The van der Waals surface area contributed by atoms with Crippen LogP contribution in [0.2, 0.25) is 0 Å². The Labute approximate surface area is 94.5 Å². The van der Waals surface area contributed by atoms with Crippen molar-refractivity contribution < 1.29 is 0 Å². The van der Waals surface area contributed by atoms with Gasteiger partial charge in [-0.05, 0) is 31.2 Å². The molecular formula is C12H20ClP. The van der Waals surface area contributed by atoms with Crippen molar-refractivity contribution in [2.75, 3.05) is 13.3 Å². The van der Waals surface area contributed by atoms with Crippen LogP contribution in [-0.2, 0) is 0 Å². The predicted molar refractivity (Wildman–Crippen MR) is 69.4 cm³/mol. The van der Waals surface area contributed by atoms with Gasteiger partial charge in [0, 0.05) is 5.31 Å². The van der Waals surface area contributed by atoms with E-state index in [9.17, 15) is 0 Å². The molecule has 14 heavy (non-hydrogen) atoms. The summed E-state index contributed by atoms with van der Waals surface area (Å²) >= 11 is 6.06. The van der Waals surface area contributed by atoms with Crippen molar-refractivity contribution in [2.24, 2.45) is 5.41 Å². The van der Waals surface area contributed by atoms with Crippen LogP contribution in [0.5, 0.6) is 0 Å². The van der Waals surface area contributed by atoms with Crippen molar-refractivity contribution in [3.63, 3.8) is 0 Å². The summed E-state index contributed by atoms with van der Waals surface area (Å²) in [6.45, 7) is 16.8. The Morgan fingerprint density at radius 3 is 1.93 bits per heavy atom. The van der Waals surface area contributed by atoms with Gasteiger partial charge in [0.05, 0.1) is 5.03 Å². The zero-order valence-electron chi connectivity index (χ0n) is 10.0. The van der Waals surface area contributed by atoms with Crippen LogP contribution in [0.3, 0.4) is 0 Å². The first-order valence-electron chi connectivity index (χ1n) is 4.66. The van der Waals surface area contributed by atoms with Crippen molar-refractivity contribution in [2.45, 2.75) is 27.7 Å². The van der Waals surface area contributed by atoms with Gasteiger partial charge >= 0.3 is 0 Å². The molecule has 0 aromatic heterocycles. The molecule has 0 aliphatic carbocycles. The average molecular weight is 231 g/mol. The second-order valence-corrected chi connectivity index (χ2v) is 7.33. The van der Waals surface area contributed by atoms with Crippen LogP contribution in [-0.4, -0.2) is 13.3 Å². The maximum Gasteiger partial charge on any atom is 0.0851 e. The summed E-state index contributed by atoms with van der Waals surface area (Å²) in [4.78, 5) is 0. The SMILES string of the molecule is C=C(C)C(Cl)=C=C(P(C)C)C(C)(C)C. The van der Waals surface area contributed by atoms with Gasteiger partial charge in [0.25, 0.3) is 0 Å². The highest BCUT2D eigenvalue weighted by atomic mass is 35.5. The molecule has 0 nitrogen and oxygen atoms in total. The van der Waals surface area contributed by atoms with E-state index in [4.69, 9.17) is 11.6 Å². The van der Waals surface area contributed by atoms with Gasteiger partial charge in [-0.2, -0.15) is 0 Å². The molecular weight excluding hydrogens is 211 g/mol. The normalized spacial score (nSPS) is 11.1. The Balaban J connectivity index is 5.44. The Bertz CT molecular complexity index is 286. The maximum atomic E-state index is 6.06. The minimum absolute atomic E-state index is 0.144. The molecule has 0 amide bonds. The molecule has 0 fully saturated rings. The van der Waals surface area contributed by atoms with Crippen LogP contribution in [0.25, 0.3) is 0 Å². The van der Waals surface area contributed by atoms with Crippen LogP contribution in [0.1, 0.15) is 27.7 Å². The molecule has 0 unspecified atom stereocenters. The van der Waals surface area contributed by atoms with Gasteiger partial charge in [0.15, 0.2) is 0 Å². The average Bonchev–Trinajstić information content (AvgIpc) is 1.96. The lowest BCUT2D eigenvalue weighted by molar-refractivity contribution is 0.532. The predicted octanol–water partition coefficient (Wildman–Crippen LogP) is 4.96. The quantitative estimate of drug-likeness (QED) is 0.358. The van der Waals surface area contributed by atoms with Gasteiger partial charge in [0.1, 0.15) is 0 Å². The first-order chi connectivity index (χ1) is 6.16. The number of hydrogen-bond acceptors (Lipinski definition) is 0. The fourth-order valence-electron chi connectivity index (χ4n) is 1.18. The van der Waals surface area contributed by atoms with E-state index in [0.29, 0.717) is 5.03 Å². The van der Waals surface area contributed by atoms with E-state index < -0.39 is 0 Å². The Morgan fingerprint density at radius 2 is 1.71 bits per heavy atom. The van der Waals surface area contributed by atoms with Crippen LogP contribution < -0.4 is 0 Å². The van der Waals surface area contributed by atoms with Crippen LogP contribution in [0, 0.1) is 5.41 Å². The molecule has 0 atom stereocenters. The number of hydrogen-bond donors (Lipinski definition) is 0. The van der Waals surface area contributed by atoms with Crippen molar-refractivity contribution in [1.82, 2.24) is 0 Å². The third-order valence-corrected chi connectivity index (χ3v) is 3.85. The first kappa shape index (κ1) is 14.0. The minimum atomic E-state index is -0.150. The zero-order chi connectivity index (χ0) is 11.5. The molecule has 0 aliphatic rings. The summed E-state index contributed by atoms with van der Waals surface area (Å²) in [6, 6.07) is 0. The lowest BCUT2D eigenvalue weighted by Crippen LogP contribution is -2.07. The standard InChI is InChI=1S/C12H20ClP/c1-9(2)10(13)8-11(14(6)7)12(3,4)5/h1H2,2-7H3. The number of allylic oxidation sites excluding steroid dienone is 2. The van der Waals surface area contributed by atoms with E-state index in [1.54, 1.807) is 0 Å². The van der Waals surface area contributed by atoms with Crippen LogP contribution in [0.15, 0.2) is 28.2 Å². The van der Waals surface area contributed by atoms with E-state index in [1.807, 2.05) is 6.92 Å². The summed E-state index contributed by atoms with van der Waals surface area (Å²) in [5, 5.41) is 1.96. The Morgan fingerprint density at radius 1 is 1.29 bits per heavy atom. The molecule has 0 N–H and O–H groups in total. The highest BCUT2D eigenvalue weighted by molar-refractivity contribution is 7.60. The third kappa shape index (κ3) is 4.47. The fourth-order valence-corrected chi connectivity index (χ4v) is 3.02. The summed E-state index contributed by atoms with van der Waals surface area (Å²) in [5.74, 6) is 0.